The largest absolute Gasteiger partial charge is 0.480 e. The van der Waals surface area contributed by atoms with Crippen molar-refractivity contribution in [2.45, 2.75) is 88.6 Å². The third-order valence-corrected chi connectivity index (χ3v) is 7.66. The molecule has 0 bridgehead atoms. The molecule has 31 heavy (non-hydrogen) atoms. The molecular formula is C27H36N2O2. The van der Waals surface area contributed by atoms with Crippen LogP contribution in [0.1, 0.15) is 83.3 Å². The lowest BCUT2D eigenvalue weighted by atomic mass is 9.76. The van der Waals surface area contributed by atoms with Crippen molar-refractivity contribution >= 4 is 17.3 Å². The fourth-order valence-corrected chi connectivity index (χ4v) is 5.44. The van der Waals surface area contributed by atoms with Crippen LogP contribution in [0.3, 0.4) is 0 Å². The molecule has 0 saturated heterocycles. The zero-order valence-electron chi connectivity index (χ0n) is 19.1. The van der Waals surface area contributed by atoms with Crippen molar-refractivity contribution in [3.05, 3.63) is 59.7 Å². The molecule has 4 rings (SSSR count). The second-order valence-electron chi connectivity index (χ2n) is 10.4. The summed E-state index contributed by atoms with van der Waals surface area (Å²) < 4.78 is 0. The zero-order chi connectivity index (χ0) is 22.1. The Hall–Kier alpha value is -2.49. The summed E-state index contributed by atoms with van der Waals surface area (Å²) in [6.45, 7) is 6.35. The monoisotopic (exact) mass is 420 g/mol. The minimum Gasteiger partial charge on any atom is -0.480 e. The van der Waals surface area contributed by atoms with E-state index in [1.165, 1.54) is 51.4 Å². The smallest absolute Gasteiger partial charge is 0.318 e. The van der Waals surface area contributed by atoms with E-state index in [0.29, 0.717) is 0 Å². The number of benzene rings is 2. The van der Waals surface area contributed by atoms with Crippen LogP contribution in [0.4, 0.5) is 11.4 Å². The van der Waals surface area contributed by atoms with Gasteiger partial charge in [0.15, 0.2) is 0 Å². The van der Waals surface area contributed by atoms with Gasteiger partial charge in [0.25, 0.3) is 0 Å². The molecule has 0 heterocycles. The Labute approximate surface area is 186 Å². The lowest BCUT2D eigenvalue weighted by molar-refractivity contribution is -0.141. The number of aliphatic carboxylic acids is 1. The van der Waals surface area contributed by atoms with Crippen LogP contribution < -0.4 is 10.6 Å². The Kier molecular flexibility index (Phi) is 5.76. The molecule has 2 saturated carbocycles. The first kappa shape index (κ1) is 21.7. The van der Waals surface area contributed by atoms with E-state index in [2.05, 4.69) is 24.5 Å². The predicted octanol–water partition coefficient (Wildman–Crippen LogP) is 6.57. The van der Waals surface area contributed by atoms with Gasteiger partial charge in [0.1, 0.15) is 5.41 Å². The van der Waals surface area contributed by atoms with Crippen LogP contribution in [-0.2, 0) is 10.2 Å². The lowest BCUT2D eigenvalue weighted by Gasteiger charge is -2.30. The summed E-state index contributed by atoms with van der Waals surface area (Å²) in [6, 6.07) is 15.9. The maximum atomic E-state index is 12.4. The topological polar surface area (TPSA) is 61.4 Å². The standard InChI is InChI=1S/C27H36N2O2/c1-25(16-4-5-17-25)28-22-12-8-20(9-13-22)27(3,24(30)31)21-10-14-23(15-11-21)29-26(2)18-6-7-19-26/h8-15,28-29H,4-7,16-19H2,1-3H3,(H,30,31). The van der Waals surface area contributed by atoms with Crippen molar-refractivity contribution in [3.63, 3.8) is 0 Å². The van der Waals surface area contributed by atoms with Crippen molar-refractivity contribution in [1.29, 1.82) is 0 Å². The molecule has 4 nitrogen and oxygen atoms in total. The van der Waals surface area contributed by atoms with Gasteiger partial charge in [-0.15, -0.1) is 0 Å². The summed E-state index contributed by atoms with van der Waals surface area (Å²) in [6.07, 6.45) is 9.79. The van der Waals surface area contributed by atoms with E-state index in [1.807, 2.05) is 48.5 Å². The molecule has 3 N–H and O–H groups in total. The van der Waals surface area contributed by atoms with Crippen molar-refractivity contribution in [1.82, 2.24) is 0 Å². The second-order valence-corrected chi connectivity index (χ2v) is 10.4. The van der Waals surface area contributed by atoms with Crippen molar-refractivity contribution in [3.8, 4) is 0 Å². The lowest BCUT2D eigenvalue weighted by Crippen LogP contribution is -2.34. The minimum atomic E-state index is -1.09. The Morgan fingerprint density at radius 3 is 1.35 bits per heavy atom. The van der Waals surface area contributed by atoms with Crippen LogP contribution in [-0.4, -0.2) is 22.2 Å². The number of carbonyl (C=O) groups is 1. The third kappa shape index (κ3) is 4.44. The highest BCUT2D eigenvalue weighted by Gasteiger charge is 2.37. The van der Waals surface area contributed by atoms with E-state index in [1.54, 1.807) is 6.92 Å². The van der Waals surface area contributed by atoms with E-state index in [-0.39, 0.29) is 11.1 Å². The first-order valence-corrected chi connectivity index (χ1v) is 11.7. The highest BCUT2D eigenvalue weighted by Crippen LogP contribution is 2.37. The zero-order valence-corrected chi connectivity index (χ0v) is 19.1. The van der Waals surface area contributed by atoms with Gasteiger partial charge in [0, 0.05) is 22.5 Å². The molecule has 2 fully saturated rings. The normalized spacial score (nSPS) is 19.8. The first-order valence-electron chi connectivity index (χ1n) is 11.7. The summed E-state index contributed by atoms with van der Waals surface area (Å²) >= 11 is 0. The molecule has 0 radical (unpaired) electrons. The maximum absolute atomic E-state index is 12.4. The van der Waals surface area contributed by atoms with E-state index < -0.39 is 11.4 Å². The fraction of sp³-hybridized carbons (Fsp3) is 0.519. The van der Waals surface area contributed by atoms with Crippen molar-refractivity contribution < 1.29 is 9.90 Å². The third-order valence-electron chi connectivity index (χ3n) is 7.66. The van der Waals surface area contributed by atoms with Gasteiger partial charge >= 0.3 is 5.97 Å². The highest BCUT2D eigenvalue weighted by atomic mass is 16.4. The Balaban J connectivity index is 1.54. The molecule has 0 spiro atoms. The molecule has 0 unspecified atom stereocenters. The van der Waals surface area contributed by atoms with Crippen LogP contribution in [0.2, 0.25) is 0 Å². The number of nitrogens with one attached hydrogen (secondary N) is 2. The average Bonchev–Trinajstić information content (AvgIpc) is 3.37. The van der Waals surface area contributed by atoms with Crippen LogP contribution in [0.15, 0.2) is 48.5 Å². The van der Waals surface area contributed by atoms with E-state index >= 15 is 0 Å². The van der Waals surface area contributed by atoms with Gasteiger partial charge in [-0.1, -0.05) is 49.9 Å². The predicted molar refractivity (Wildman–Crippen MR) is 128 cm³/mol. The molecular weight excluding hydrogens is 384 g/mol. The first-order chi connectivity index (χ1) is 14.7. The van der Waals surface area contributed by atoms with Gasteiger partial charge in [0.2, 0.25) is 0 Å². The number of rotatable bonds is 7. The SMILES string of the molecule is CC1(Nc2ccc(C(C)(C(=O)O)c3ccc(NC4(C)CCCC4)cc3)cc2)CCCC1. The summed E-state index contributed by atoms with van der Waals surface area (Å²) in [5.41, 5.74) is 2.92. The average molecular weight is 421 g/mol. The maximum Gasteiger partial charge on any atom is 0.318 e. The molecule has 0 amide bonds. The molecule has 0 atom stereocenters. The Bertz CT molecular complexity index is 838. The van der Waals surface area contributed by atoms with Crippen LogP contribution in [0.5, 0.6) is 0 Å². The van der Waals surface area contributed by atoms with E-state index in [9.17, 15) is 9.90 Å². The summed E-state index contributed by atoms with van der Waals surface area (Å²) in [5, 5.41) is 17.5. The Morgan fingerprint density at radius 1 is 0.742 bits per heavy atom. The van der Waals surface area contributed by atoms with Crippen LogP contribution >= 0.6 is 0 Å². The second kappa shape index (κ2) is 8.22. The Morgan fingerprint density at radius 2 is 1.06 bits per heavy atom. The number of hydrogen-bond acceptors (Lipinski definition) is 3. The van der Waals surface area contributed by atoms with Gasteiger partial charge in [0.05, 0.1) is 0 Å². The molecule has 4 heteroatoms. The highest BCUT2D eigenvalue weighted by molar-refractivity contribution is 5.86. The van der Waals surface area contributed by atoms with Crippen LogP contribution in [0, 0.1) is 0 Å². The fourth-order valence-electron chi connectivity index (χ4n) is 5.44. The van der Waals surface area contributed by atoms with Gasteiger partial charge in [-0.2, -0.15) is 0 Å². The van der Waals surface area contributed by atoms with Crippen LogP contribution in [0.25, 0.3) is 0 Å². The molecule has 2 aromatic rings. The molecule has 0 aromatic heterocycles. The molecule has 166 valence electrons. The molecule has 2 aromatic carbocycles. The van der Waals surface area contributed by atoms with Gasteiger partial charge in [-0.25, -0.2) is 0 Å². The van der Waals surface area contributed by atoms with Crippen molar-refractivity contribution in [2.24, 2.45) is 0 Å². The quantitative estimate of drug-likeness (QED) is 0.474. The molecule has 2 aliphatic rings. The van der Waals surface area contributed by atoms with E-state index in [4.69, 9.17) is 0 Å². The van der Waals surface area contributed by atoms with E-state index in [0.717, 1.165) is 22.5 Å². The van der Waals surface area contributed by atoms with Crippen molar-refractivity contribution in [2.75, 3.05) is 10.6 Å². The summed E-state index contributed by atoms with van der Waals surface area (Å²) in [5.74, 6) is -0.834. The van der Waals surface area contributed by atoms with Gasteiger partial charge in [-0.05, 0) is 81.8 Å². The number of carboxylic acids is 1. The summed E-state index contributed by atoms with van der Waals surface area (Å²) in [7, 11) is 0. The number of anilines is 2. The number of hydrogen-bond donors (Lipinski definition) is 3. The van der Waals surface area contributed by atoms with Gasteiger partial charge < -0.3 is 15.7 Å². The molecule has 0 aliphatic heterocycles. The number of carboxylic acid groups (broad SMARTS) is 1. The minimum absolute atomic E-state index is 0.149. The van der Waals surface area contributed by atoms with Gasteiger partial charge in [-0.3, -0.25) is 4.79 Å². The molecule has 2 aliphatic carbocycles. The summed E-state index contributed by atoms with van der Waals surface area (Å²) in [4.78, 5) is 12.4.